The molecule has 8 rings (SSSR count). The highest BCUT2D eigenvalue weighted by Crippen LogP contribution is 2.37. The predicted molar refractivity (Wildman–Crippen MR) is 210 cm³/mol. The van der Waals surface area contributed by atoms with Gasteiger partial charge in [0, 0.05) is 32.6 Å². The van der Waals surface area contributed by atoms with E-state index < -0.39 is 90.5 Å². The maximum absolute atomic E-state index is 15.3. The zero-order valence-electron chi connectivity index (χ0n) is 30.5. The van der Waals surface area contributed by atoms with E-state index in [9.17, 15) is 36.7 Å². The summed E-state index contributed by atoms with van der Waals surface area (Å²) in [7, 11) is 0. The molecule has 288 valence electrons. The van der Waals surface area contributed by atoms with Crippen LogP contribution in [-0.2, 0) is 0 Å². The fraction of sp³-hybridized carbons (Fsp3) is 0.0909. The average Bonchev–Trinajstić information content (AvgIpc) is 3.70. The van der Waals surface area contributed by atoms with Crippen molar-refractivity contribution in [1.82, 2.24) is 9.55 Å². The lowest BCUT2D eigenvalue weighted by Crippen LogP contribution is -2.16. The highest BCUT2D eigenvalue weighted by molar-refractivity contribution is 9.10. The standard InChI is InChI=1S/C22H14F3NO2.C12H9N.C10H6BrF3O2/c1-11(27)17-19(23)18(12(2)28)21(25)22(20(17)24)26-15-9-5-3-7-13(15)14-8-4-6-10-16(14)26;1-3-7-11-9(5-1)10-6-2-4-8-12(10)13-11;1-3(15)5-8(12)6(4(2)16)10(14)7(11)9(5)13/h3-10H,1-2H3;1-8,13H;1-2H3. The second kappa shape index (κ2) is 16.0. The second-order valence-corrected chi connectivity index (χ2v) is 13.7. The van der Waals surface area contributed by atoms with Gasteiger partial charge in [0.15, 0.2) is 58.0 Å². The topological polar surface area (TPSA) is 89.0 Å². The van der Waals surface area contributed by atoms with Gasteiger partial charge in [0.2, 0.25) is 0 Å². The van der Waals surface area contributed by atoms with Crippen LogP contribution < -0.4 is 0 Å². The number of H-pyrrole nitrogens is 1. The van der Waals surface area contributed by atoms with Gasteiger partial charge in [-0.15, -0.1) is 0 Å². The molecule has 0 bridgehead atoms. The van der Waals surface area contributed by atoms with E-state index in [1.807, 2.05) is 0 Å². The van der Waals surface area contributed by atoms with E-state index in [0.717, 1.165) is 38.5 Å². The van der Waals surface area contributed by atoms with E-state index in [-0.39, 0.29) is 0 Å². The van der Waals surface area contributed by atoms with Crippen LogP contribution in [0.2, 0.25) is 0 Å². The first-order valence-corrected chi connectivity index (χ1v) is 17.9. The second-order valence-electron chi connectivity index (χ2n) is 12.9. The summed E-state index contributed by atoms with van der Waals surface area (Å²) in [6, 6.07) is 30.7. The molecule has 0 radical (unpaired) electrons. The summed E-state index contributed by atoms with van der Waals surface area (Å²) in [5, 5.41) is 4.07. The number of fused-ring (bicyclic) bond motifs is 6. The Bertz CT molecular complexity index is 2780. The molecule has 0 aliphatic rings. The molecule has 0 aliphatic carbocycles. The van der Waals surface area contributed by atoms with E-state index >= 15 is 8.78 Å². The Labute approximate surface area is 328 Å². The van der Waals surface area contributed by atoms with Gasteiger partial charge >= 0.3 is 0 Å². The molecule has 6 aromatic carbocycles. The molecule has 0 saturated heterocycles. The van der Waals surface area contributed by atoms with Crippen molar-refractivity contribution in [2.24, 2.45) is 0 Å². The van der Waals surface area contributed by atoms with Crippen LogP contribution in [0.15, 0.2) is 102 Å². The molecule has 0 spiro atoms. The number of aromatic amines is 1. The Hall–Kier alpha value is -6.34. The minimum atomic E-state index is -1.47. The smallest absolute Gasteiger partial charge is 0.165 e. The van der Waals surface area contributed by atoms with E-state index in [1.165, 1.54) is 26.4 Å². The molecule has 6 nitrogen and oxygen atoms in total. The lowest BCUT2D eigenvalue weighted by atomic mass is 10.0. The summed E-state index contributed by atoms with van der Waals surface area (Å²) >= 11 is 2.53. The third-order valence-electron chi connectivity index (χ3n) is 9.18. The molecule has 0 atom stereocenters. The van der Waals surface area contributed by atoms with Crippen LogP contribution in [0.4, 0.5) is 26.3 Å². The summed E-state index contributed by atoms with van der Waals surface area (Å²) in [6.45, 7) is 3.80. The van der Waals surface area contributed by atoms with Crippen molar-refractivity contribution in [1.29, 1.82) is 0 Å². The first-order chi connectivity index (χ1) is 27.1. The maximum Gasteiger partial charge on any atom is 0.165 e. The van der Waals surface area contributed by atoms with Crippen molar-refractivity contribution in [3.8, 4) is 5.69 Å². The number of nitrogens with one attached hydrogen (secondary N) is 1. The number of benzene rings is 6. The number of nitrogens with zero attached hydrogens (tertiary/aromatic N) is 1. The molecular formula is C44H29BrF6N2O4. The fourth-order valence-corrected chi connectivity index (χ4v) is 7.08. The third-order valence-corrected chi connectivity index (χ3v) is 9.88. The van der Waals surface area contributed by atoms with Crippen LogP contribution in [0.5, 0.6) is 0 Å². The molecule has 13 heteroatoms. The Morgan fingerprint density at radius 1 is 0.439 bits per heavy atom. The SMILES string of the molecule is CC(=O)c1c(F)c(Br)c(F)c(C(C)=O)c1F.CC(=O)c1c(F)c(C(C)=O)c(F)c(-n2c3ccccc3c3ccccc32)c1F.c1ccc2c(c1)[nH]c1ccccc12. The van der Waals surface area contributed by atoms with Crippen LogP contribution in [0.25, 0.3) is 49.3 Å². The van der Waals surface area contributed by atoms with Gasteiger partial charge in [-0.3, -0.25) is 19.2 Å². The van der Waals surface area contributed by atoms with Gasteiger partial charge < -0.3 is 9.55 Å². The van der Waals surface area contributed by atoms with Crippen molar-refractivity contribution < 1.29 is 45.5 Å². The number of aromatic nitrogens is 2. The molecule has 0 unspecified atom stereocenters. The van der Waals surface area contributed by atoms with Gasteiger partial charge in [-0.05, 0) is 67.9 Å². The van der Waals surface area contributed by atoms with Gasteiger partial charge in [0.25, 0.3) is 0 Å². The Kier molecular flexibility index (Phi) is 11.3. The van der Waals surface area contributed by atoms with Crippen LogP contribution in [-0.4, -0.2) is 32.7 Å². The predicted octanol–water partition coefficient (Wildman–Crippen LogP) is 12.2. The van der Waals surface area contributed by atoms with Crippen LogP contribution in [0, 0.1) is 34.9 Å². The van der Waals surface area contributed by atoms with Crippen molar-refractivity contribution in [2.75, 3.05) is 0 Å². The molecule has 2 aromatic heterocycles. The van der Waals surface area contributed by atoms with Gasteiger partial charge in [0.05, 0.1) is 37.8 Å². The van der Waals surface area contributed by atoms with E-state index in [0.29, 0.717) is 11.0 Å². The summed E-state index contributed by atoms with van der Waals surface area (Å²) in [6.07, 6.45) is 0. The van der Waals surface area contributed by atoms with E-state index in [1.54, 1.807) is 48.5 Å². The molecule has 0 amide bonds. The summed E-state index contributed by atoms with van der Waals surface area (Å²) < 4.78 is 86.0. The number of carbonyl (C=O) groups is 4. The zero-order chi connectivity index (χ0) is 41.5. The Morgan fingerprint density at radius 2 is 0.737 bits per heavy atom. The highest BCUT2D eigenvalue weighted by Gasteiger charge is 2.32. The minimum Gasteiger partial charge on any atom is -0.355 e. The van der Waals surface area contributed by atoms with Crippen molar-refractivity contribution in [3.63, 3.8) is 0 Å². The maximum atomic E-state index is 15.3. The highest BCUT2D eigenvalue weighted by atomic mass is 79.9. The zero-order valence-corrected chi connectivity index (χ0v) is 32.0. The van der Waals surface area contributed by atoms with Crippen LogP contribution in [0.3, 0.4) is 0 Å². The third kappa shape index (κ3) is 7.14. The molecule has 0 fully saturated rings. The van der Waals surface area contributed by atoms with E-state index in [4.69, 9.17) is 0 Å². The number of ketones is 4. The van der Waals surface area contributed by atoms with Gasteiger partial charge in [-0.1, -0.05) is 72.8 Å². The molecule has 8 aromatic rings. The molecule has 1 N–H and O–H groups in total. The minimum absolute atomic E-state index is 0.470. The first-order valence-electron chi connectivity index (χ1n) is 17.1. The molecular weight excluding hydrogens is 814 g/mol. The normalized spacial score (nSPS) is 11.0. The number of para-hydroxylation sites is 4. The molecule has 0 aliphatic heterocycles. The summed E-state index contributed by atoms with van der Waals surface area (Å²) in [4.78, 5) is 49.2. The fourth-order valence-electron chi connectivity index (χ4n) is 6.68. The van der Waals surface area contributed by atoms with Gasteiger partial charge in [-0.25, -0.2) is 26.3 Å². The number of Topliss-reactive ketones (excluding diaryl/α,β-unsaturated/α-hetero) is 4. The number of carbonyl (C=O) groups excluding carboxylic acids is 4. The summed E-state index contributed by atoms with van der Waals surface area (Å²) in [5.41, 5.74) is -0.973. The lowest BCUT2D eigenvalue weighted by molar-refractivity contribution is 0.0983. The van der Waals surface area contributed by atoms with Gasteiger partial charge in [0.1, 0.15) is 5.69 Å². The number of hydrogen-bond donors (Lipinski definition) is 1. The van der Waals surface area contributed by atoms with Crippen molar-refractivity contribution >= 4 is 82.7 Å². The van der Waals surface area contributed by atoms with E-state index in [2.05, 4.69) is 69.4 Å². The monoisotopic (exact) mass is 842 g/mol. The Morgan fingerprint density at radius 3 is 1.09 bits per heavy atom. The lowest BCUT2D eigenvalue weighted by Gasteiger charge is -2.16. The van der Waals surface area contributed by atoms with Gasteiger partial charge in [-0.2, -0.15) is 0 Å². The first kappa shape index (κ1) is 40.3. The molecule has 57 heavy (non-hydrogen) atoms. The largest absolute Gasteiger partial charge is 0.355 e. The number of hydrogen-bond acceptors (Lipinski definition) is 4. The van der Waals surface area contributed by atoms with Crippen LogP contribution in [0.1, 0.15) is 69.1 Å². The Balaban J connectivity index is 0.000000159. The van der Waals surface area contributed by atoms with Crippen molar-refractivity contribution in [3.05, 3.63) is 159 Å². The molecule has 2 heterocycles. The van der Waals surface area contributed by atoms with Crippen LogP contribution >= 0.6 is 15.9 Å². The quantitative estimate of drug-likeness (QED) is 0.0809. The number of halogens is 7. The average molecular weight is 844 g/mol. The van der Waals surface area contributed by atoms with Crippen molar-refractivity contribution in [2.45, 2.75) is 27.7 Å². The summed E-state index contributed by atoms with van der Waals surface area (Å²) in [5.74, 6) is -12.0. The molecule has 0 saturated carbocycles. The number of rotatable bonds is 5.